The van der Waals surface area contributed by atoms with Crippen LogP contribution in [0, 0.1) is 5.41 Å². The minimum atomic E-state index is 0.177. The van der Waals surface area contributed by atoms with Crippen LogP contribution >= 0.6 is 0 Å². The van der Waals surface area contributed by atoms with E-state index in [-0.39, 0.29) is 5.41 Å². The largest absolute Gasteiger partial charge is 0.354 e. The molecule has 0 bridgehead atoms. The molecule has 0 unspecified atom stereocenters. The van der Waals surface area contributed by atoms with E-state index < -0.39 is 0 Å². The third-order valence-electron chi connectivity index (χ3n) is 2.39. The monoisotopic (exact) mass is 163 g/mol. The lowest BCUT2D eigenvalue weighted by Crippen LogP contribution is -2.24. The Bertz CT molecular complexity index is 233. The van der Waals surface area contributed by atoms with Crippen LogP contribution in [0.5, 0.6) is 0 Å². The Balaban J connectivity index is 2.90. The van der Waals surface area contributed by atoms with Gasteiger partial charge in [-0.05, 0) is 12.5 Å². The first-order chi connectivity index (χ1) is 5.54. The Hall–Kier alpha value is -0.980. The first-order valence-corrected chi connectivity index (χ1v) is 4.29. The fourth-order valence-electron chi connectivity index (χ4n) is 1.31. The molecule has 0 amide bonds. The lowest BCUT2D eigenvalue weighted by molar-refractivity contribution is 0.349. The van der Waals surface area contributed by atoms with Gasteiger partial charge in [-0.25, -0.2) is 0 Å². The zero-order valence-electron chi connectivity index (χ0n) is 8.17. The molecule has 1 heteroatoms. The predicted octanol–water partition coefficient (Wildman–Crippen LogP) is 2.93. The smallest absolute Gasteiger partial charge is 0.0158 e. The average Bonchev–Trinajstić information content (AvgIpc) is 2.00. The van der Waals surface area contributed by atoms with Crippen LogP contribution in [0.25, 0.3) is 0 Å². The Morgan fingerprint density at radius 1 is 1.42 bits per heavy atom. The second-order valence-corrected chi connectivity index (χ2v) is 3.92. The van der Waals surface area contributed by atoms with Crippen molar-refractivity contribution in [3.8, 4) is 0 Å². The molecule has 0 atom stereocenters. The van der Waals surface area contributed by atoms with Crippen molar-refractivity contribution in [3.63, 3.8) is 0 Å². The van der Waals surface area contributed by atoms with Crippen LogP contribution in [-0.2, 0) is 0 Å². The van der Waals surface area contributed by atoms with Crippen LogP contribution in [0.1, 0.15) is 20.3 Å². The van der Waals surface area contributed by atoms with Gasteiger partial charge in [0.1, 0.15) is 0 Å². The van der Waals surface area contributed by atoms with E-state index in [9.17, 15) is 0 Å². The van der Waals surface area contributed by atoms with Crippen molar-refractivity contribution in [2.45, 2.75) is 20.3 Å². The van der Waals surface area contributed by atoms with Gasteiger partial charge in [0.15, 0.2) is 0 Å². The van der Waals surface area contributed by atoms with Crippen LogP contribution < -0.4 is 0 Å². The zero-order valence-corrected chi connectivity index (χ0v) is 8.17. The zero-order chi connectivity index (χ0) is 9.19. The first kappa shape index (κ1) is 9.11. The summed E-state index contributed by atoms with van der Waals surface area (Å²) in [5, 5.41) is 0. The lowest BCUT2D eigenvalue weighted by Gasteiger charge is -2.32. The van der Waals surface area contributed by atoms with E-state index in [1.165, 1.54) is 5.70 Å². The Labute approximate surface area is 75.1 Å². The molecule has 1 rings (SSSR count). The molecule has 1 nitrogen and oxygen atoms in total. The van der Waals surface area contributed by atoms with Gasteiger partial charge in [0, 0.05) is 24.4 Å². The van der Waals surface area contributed by atoms with Crippen LogP contribution in [0.2, 0.25) is 0 Å². The van der Waals surface area contributed by atoms with Crippen LogP contribution in [-0.4, -0.2) is 11.9 Å². The van der Waals surface area contributed by atoms with Gasteiger partial charge < -0.3 is 4.90 Å². The maximum atomic E-state index is 4.09. The van der Waals surface area contributed by atoms with Crippen molar-refractivity contribution in [2.24, 2.45) is 5.41 Å². The van der Waals surface area contributed by atoms with Gasteiger partial charge in [-0.1, -0.05) is 32.6 Å². The molecule has 1 aliphatic rings. The maximum absolute atomic E-state index is 4.09. The molecule has 0 aromatic heterocycles. The SMILES string of the molecule is C=C1N(C)/C=C\C=C/CC1(C)C. The fraction of sp³-hybridized carbons (Fsp3) is 0.455. The van der Waals surface area contributed by atoms with Gasteiger partial charge in [0.25, 0.3) is 0 Å². The Morgan fingerprint density at radius 2 is 2.08 bits per heavy atom. The summed E-state index contributed by atoms with van der Waals surface area (Å²) >= 11 is 0. The van der Waals surface area contributed by atoms with Crippen molar-refractivity contribution >= 4 is 0 Å². The third-order valence-corrected chi connectivity index (χ3v) is 2.39. The molecule has 0 N–H and O–H groups in total. The van der Waals surface area contributed by atoms with Gasteiger partial charge in [0.2, 0.25) is 0 Å². The molecule has 0 aromatic rings. The summed E-state index contributed by atoms with van der Waals surface area (Å²) in [6.07, 6.45) is 9.42. The van der Waals surface area contributed by atoms with Gasteiger partial charge in [-0.2, -0.15) is 0 Å². The highest BCUT2D eigenvalue weighted by atomic mass is 15.1. The van der Waals surface area contributed by atoms with Gasteiger partial charge in [-0.15, -0.1) is 0 Å². The molecule has 0 spiro atoms. The maximum Gasteiger partial charge on any atom is 0.0158 e. The number of rotatable bonds is 0. The number of nitrogens with zero attached hydrogens (tertiary/aromatic N) is 1. The molecule has 66 valence electrons. The minimum Gasteiger partial charge on any atom is -0.354 e. The van der Waals surface area contributed by atoms with E-state index in [0.29, 0.717) is 0 Å². The second-order valence-electron chi connectivity index (χ2n) is 3.92. The summed E-state index contributed by atoms with van der Waals surface area (Å²) in [7, 11) is 2.04. The van der Waals surface area contributed by atoms with Crippen molar-refractivity contribution < 1.29 is 0 Å². The summed E-state index contributed by atoms with van der Waals surface area (Å²) in [5.41, 5.74) is 1.35. The quantitative estimate of drug-likeness (QED) is 0.530. The van der Waals surface area contributed by atoms with Crippen LogP contribution in [0.3, 0.4) is 0 Å². The van der Waals surface area contributed by atoms with Crippen molar-refractivity contribution in [3.05, 3.63) is 36.7 Å². The summed E-state index contributed by atoms with van der Waals surface area (Å²) in [4.78, 5) is 2.09. The summed E-state index contributed by atoms with van der Waals surface area (Å²) in [6.45, 7) is 8.53. The highest BCUT2D eigenvalue weighted by molar-refractivity contribution is 5.16. The summed E-state index contributed by atoms with van der Waals surface area (Å²) in [5.74, 6) is 0. The molecule has 0 saturated heterocycles. The molecule has 0 aromatic carbocycles. The van der Waals surface area contributed by atoms with Crippen LogP contribution in [0.15, 0.2) is 36.7 Å². The van der Waals surface area contributed by atoms with E-state index in [2.05, 4.69) is 37.5 Å². The van der Waals surface area contributed by atoms with E-state index >= 15 is 0 Å². The predicted molar refractivity (Wildman–Crippen MR) is 53.6 cm³/mol. The highest BCUT2D eigenvalue weighted by Gasteiger charge is 2.22. The molecule has 1 heterocycles. The Morgan fingerprint density at radius 3 is 2.75 bits per heavy atom. The van der Waals surface area contributed by atoms with E-state index in [1.807, 2.05) is 19.3 Å². The standard InChI is InChI=1S/C11H17N/c1-10-11(2,3)8-6-5-7-9-12(10)4/h5-7,9H,1,8H2,2-4H3/b6-5-,9-7-. The van der Waals surface area contributed by atoms with Crippen LogP contribution in [0.4, 0.5) is 0 Å². The topological polar surface area (TPSA) is 3.24 Å². The van der Waals surface area contributed by atoms with Gasteiger partial charge in [0.05, 0.1) is 0 Å². The van der Waals surface area contributed by atoms with Gasteiger partial charge >= 0.3 is 0 Å². The van der Waals surface area contributed by atoms with Crippen molar-refractivity contribution in [1.82, 2.24) is 4.90 Å². The second kappa shape index (κ2) is 3.18. The Kier molecular flexibility index (Phi) is 2.41. The average molecular weight is 163 g/mol. The first-order valence-electron chi connectivity index (χ1n) is 4.29. The normalized spacial score (nSPS) is 27.6. The highest BCUT2D eigenvalue weighted by Crippen LogP contribution is 2.32. The molecule has 0 radical (unpaired) electrons. The number of allylic oxidation sites excluding steroid dienone is 4. The van der Waals surface area contributed by atoms with Gasteiger partial charge in [-0.3, -0.25) is 0 Å². The van der Waals surface area contributed by atoms with E-state index in [0.717, 1.165) is 6.42 Å². The number of hydrogen-bond acceptors (Lipinski definition) is 1. The lowest BCUT2D eigenvalue weighted by atomic mass is 9.85. The summed E-state index contributed by atoms with van der Waals surface area (Å²) in [6, 6.07) is 0. The van der Waals surface area contributed by atoms with E-state index in [1.54, 1.807) is 0 Å². The molecule has 0 fully saturated rings. The fourth-order valence-corrected chi connectivity index (χ4v) is 1.31. The van der Waals surface area contributed by atoms with E-state index in [4.69, 9.17) is 0 Å². The van der Waals surface area contributed by atoms with Crippen molar-refractivity contribution in [2.75, 3.05) is 7.05 Å². The molecular formula is C11H17N. The molecule has 0 aliphatic carbocycles. The number of hydrogen-bond donors (Lipinski definition) is 0. The van der Waals surface area contributed by atoms with Crippen molar-refractivity contribution in [1.29, 1.82) is 0 Å². The minimum absolute atomic E-state index is 0.177. The molecule has 0 saturated carbocycles. The third kappa shape index (κ3) is 1.79. The molecular weight excluding hydrogens is 146 g/mol. The molecule has 12 heavy (non-hydrogen) atoms. The summed E-state index contributed by atoms with van der Waals surface area (Å²) < 4.78 is 0. The molecule has 1 aliphatic heterocycles.